The van der Waals surface area contributed by atoms with Crippen LogP contribution in [0.2, 0.25) is 0 Å². The van der Waals surface area contributed by atoms with Crippen LogP contribution in [0.4, 0.5) is 10.1 Å². The summed E-state index contributed by atoms with van der Waals surface area (Å²) in [4.78, 5) is 50.8. The van der Waals surface area contributed by atoms with Gasteiger partial charge in [-0.3, -0.25) is 29.4 Å². The predicted octanol–water partition coefficient (Wildman–Crippen LogP) is 4.10. The predicted molar refractivity (Wildman–Crippen MR) is 155 cm³/mol. The maximum atomic E-state index is 15.1. The molecule has 2 atom stereocenters. The van der Waals surface area contributed by atoms with Crippen LogP contribution < -0.4 is 16.0 Å². The second kappa shape index (κ2) is 11.8. The van der Waals surface area contributed by atoms with Gasteiger partial charge in [-0.1, -0.05) is 26.0 Å². The van der Waals surface area contributed by atoms with Gasteiger partial charge >= 0.3 is 0 Å². The molecule has 2 heterocycles. The summed E-state index contributed by atoms with van der Waals surface area (Å²) in [7, 11) is 0. The van der Waals surface area contributed by atoms with Crippen molar-refractivity contribution >= 4 is 29.3 Å². The standard InChI is InChI=1S/C32H39FN4O5/c1-16(2)22-12-19(11-17(3)18(22)4)15-34-29(39)20-5-7-21(8-6-20)35-26-14-24-23(13-25(26)33)31(41)37(32(24)42)27-9-10-28(38)36-30(27)40/h11-14,16,20-21,27,32,35,42H,5-10,15H2,1-4H3,(H,34,39)(H,36,38,40)/t20-,21-,27?,32?. The molecule has 5 rings (SSSR count). The third-order valence-electron chi connectivity index (χ3n) is 9.01. The number of amides is 4. The summed E-state index contributed by atoms with van der Waals surface area (Å²) in [6.45, 7) is 9.05. The van der Waals surface area contributed by atoms with Crippen molar-refractivity contribution in [2.24, 2.45) is 5.92 Å². The van der Waals surface area contributed by atoms with Gasteiger partial charge in [0, 0.05) is 30.5 Å². The van der Waals surface area contributed by atoms with Crippen molar-refractivity contribution in [2.75, 3.05) is 5.32 Å². The Morgan fingerprint density at radius 2 is 1.79 bits per heavy atom. The molecule has 2 aromatic rings. The second-order valence-corrected chi connectivity index (χ2v) is 12.2. The molecule has 1 saturated carbocycles. The Morgan fingerprint density at radius 3 is 2.45 bits per heavy atom. The summed E-state index contributed by atoms with van der Waals surface area (Å²) in [6, 6.07) is 5.73. The van der Waals surface area contributed by atoms with Gasteiger partial charge in [0.05, 0.1) is 11.3 Å². The number of halogens is 1. The van der Waals surface area contributed by atoms with Crippen LogP contribution in [-0.2, 0) is 20.9 Å². The highest BCUT2D eigenvalue weighted by molar-refractivity contribution is 6.06. The second-order valence-electron chi connectivity index (χ2n) is 12.2. The van der Waals surface area contributed by atoms with E-state index in [9.17, 15) is 24.3 Å². The summed E-state index contributed by atoms with van der Waals surface area (Å²) in [5.41, 5.74) is 5.28. The molecule has 4 amide bonds. The summed E-state index contributed by atoms with van der Waals surface area (Å²) in [5, 5.41) is 19.4. The number of anilines is 1. The highest BCUT2D eigenvalue weighted by Crippen LogP contribution is 2.38. The molecule has 3 aliphatic rings. The molecule has 2 unspecified atom stereocenters. The summed E-state index contributed by atoms with van der Waals surface area (Å²) in [5.74, 6) is -2.05. The molecule has 0 radical (unpaired) electrons. The normalized spacial score (nSPS) is 24.1. The quantitative estimate of drug-likeness (QED) is 0.367. The Morgan fingerprint density at radius 1 is 1.07 bits per heavy atom. The lowest BCUT2D eigenvalue weighted by molar-refractivity contribution is -0.139. The number of rotatable bonds is 7. The van der Waals surface area contributed by atoms with Crippen LogP contribution in [0.25, 0.3) is 0 Å². The lowest BCUT2D eigenvalue weighted by Crippen LogP contribution is -2.53. The Hall–Kier alpha value is -3.79. The van der Waals surface area contributed by atoms with Gasteiger partial charge in [-0.2, -0.15) is 0 Å². The topological polar surface area (TPSA) is 128 Å². The van der Waals surface area contributed by atoms with Crippen molar-refractivity contribution in [3.63, 3.8) is 0 Å². The molecular weight excluding hydrogens is 539 g/mol. The van der Waals surface area contributed by atoms with Crippen LogP contribution in [0, 0.1) is 25.6 Å². The molecule has 0 spiro atoms. The van der Waals surface area contributed by atoms with Gasteiger partial charge in [-0.25, -0.2) is 4.39 Å². The zero-order valence-corrected chi connectivity index (χ0v) is 24.6. The Balaban J connectivity index is 1.18. The van der Waals surface area contributed by atoms with E-state index < -0.39 is 35.8 Å². The maximum absolute atomic E-state index is 15.1. The minimum Gasteiger partial charge on any atom is -0.380 e. The van der Waals surface area contributed by atoms with Gasteiger partial charge in [0.1, 0.15) is 11.9 Å². The molecule has 4 N–H and O–H groups in total. The summed E-state index contributed by atoms with van der Waals surface area (Å²) >= 11 is 0. The van der Waals surface area contributed by atoms with Crippen molar-refractivity contribution in [2.45, 2.75) is 97.0 Å². The number of benzene rings is 2. The number of nitrogens with zero attached hydrogens (tertiary/aromatic N) is 1. The largest absolute Gasteiger partial charge is 0.380 e. The van der Waals surface area contributed by atoms with Crippen molar-refractivity contribution in [1.82, 2.24) is 15.5 Å². The number of aryl methyl sites for hydroxylation is 1. The zero-order chi connectivity index (χ0) is 30.3. The average Bonchev–Trinajstić information content (AvgIpc) is 3.18. The van der Waals surface area contributed by atoms with Crippen LogP contribution in [0.1, 0.15) is 103 Å². The first-order valence-electron chi connectivity index (χ1n) is 14.8. The lowest BCUT2D eigenvalue weighted by atomic mass is 9.85. The molecule has 10 heteroatoms. The average molecular weight is 579 g/mol. The monoisotopic (exact) mass is 578 g/mol. The van der Waals surface area contributed by atoms with Crippen LogP contribution in [0.5, 0.6) is 0 Å². The number of imide groups is 1. The highest BCUT2D eigenvalue weighted by atomic mass is 19.1. The van der Waals surface area contributed by atoms with Crippen LogP contribution in [0.15, 0.2) is 24.3 Å². The van der Waals surface area contributed by atoms with E-state index >= 15 is 4.39 Å². The molecule has 1 aliphatic carbocycles. The lowest BCUT2D eigenvalue weighted by Gasteiger charge is -2.32. The number of piperidine rings is 1. The van der Waals surface area contributed by atoms with Crippen LogP contribution >= 0.6 is 0 Å². The van der Waals surface area contributed by atoms with Crippen LogP contribution in [0.3, 0.4) is 0 Å². The Labute approximate surface area is 245 Å². The fourth-order valence-electron chi connectivity index (χ4n) is 6.48. The fraction of sp³-hybridized carbons (Fsp3) is 0.500. The van der Waals surface area contributed by atoms with E-state index in [1.165, 1.54) is 22.8 Å². The van der Waals surface area contributed by atoms with Crippen molar-refractivity contribution < 1.29 is 28.7 Å². The minimum atomic E-state index is -1.43. The minimum absolute atomic E-state index is 0.0000791. The molecule has 0 bridgehead atoms. The number of carbonyl (C=O) groups is 4. The van der Waals surface area contributed by atoms with E-state index in [2.05, 4.69) is 55.8 Å². The SMILES string of the molecule is Cc1cc(CNC(=O)[C@H]2CC[C@H](Nc3cc4c(cc3F)C(=O)N(C3CCC(=O)NC3=O)C4O)CC2)cc(C(C)C)c1C. The third kappa shape index (κ3) is 5.77. The molecule has 224 valence electrons. The highest BCUT2D eigenvalue weighted by Gasteiger charge is 2.45. The zero-order valence-electron chi connectivity index (χ0n) is 24.6. The summed E-state index contributed by atoms with van der Waals surface area (Å²) < 4.78 is 15.1. The number of hydrogen-bond donors (Lipinski definition) is 4. The van der Waals surface area contributed by atoms with Gasteiger partial charge in [0.2, 0.25) is 17.7 Å². The number of fused-ring (bicyclic) bond motifs is 1. The first-order chi connectivity index (χ1) is 19.9. The van der Waals surface area contributed by atoms with Gasteiger partial charge in [-0.15, -0.1) is 0 Å². The number of hydrogen-bond acceptors (Lipinski definition) is 6. The van der Waals surface area contributed by atoms with Gasteiger partial charge in [0.25, 0.3) is 5.91 Å². The van der Waals surface area contributed by atoms with E-state index in [-0.39, 0.29) is 47.5 Å². The number of aliphatic hydroxyl groups is 1. The maximum Gasteiger partial charge on any atom is 0.257 e. The molecule has 2 aliphatic heterocycles. The third-order valence-corrected chi connectivity index (χ3v) is 9.01. The first-order valence-corrected chi connectivity index (χ1v) is 14.8. The first kappa shape index (κ1) is 29.7. The smallest absolute Gasteiger partial charge is 0.257 e. The van der Waals surface area contributed by atoms with Crippen LogP contribution in [-0.4, -0.2) is 45.7 Å². The number of carbonyl (C=O) groups excluding carboxylic acids is 4. The number of nitrogens with one attached hydrogen (secondary N) is 3. The van der Waals surface area contributed by atoms with Gasteiger partial charge in [0.15, 0.2) is 6.23 Å². The molecule has 42 heavy (non-hydrogen) atoms. The van der Waals surface area contributed by atoms with Crippen molar-refractivity contribution in [3.8, 4) is 0 Å². The van der Waals surface area contributed by atoms with E-state index in [1.54, 1.807) is 0 Å². The molecule has 0 aromatic heterocycles. The van der Waals surface area contributed by atoms with E-state index in [1.807, 2.05) is 0 Å². The van der Waals surface area contributed by atoms with Crippen molar-refractivity contribution in [3.05, 3.63) is 63.5 Å². The van der Waals surface area contributed by atoms with Crippen molar-refractivity contribution in [1.29, 1.82) is 0 Å². The number of aliphatic hydroxyl groups excluding tert-OH is 1. The summed E-state index contributed by atoms with van der Waals surface area (Å²) in [6.07, 6.45) is 1.37. The Kier molecular flexibility index (Phi) is 8.37. The molecular formula is C32H39FN4O5. The fourth-order valence-corrected chi connectivity index (χ4v) is 6.48. The molecule has 2 aromatic carbocycles. The molecule has 9 nitrogen and oxygen atoms in total. The van der Waals surface area contributed by atoms with E-state index in [4.69, 9.17) is 0 Å². The van der Waals surface area contributed by atoms with Gasteiger partial charge in [-0.05, 0) is 86.3 Å². The Bertz CT molecular complexity index is 1430. The van der Waals surface area contributed by atoms with E-state index in [0.29, 0.717) is 38.1 Å². The molecule has 2 fully saturated rings. The molecule has 1 saturated heterocycles. The van der Waals surface area contributed by atoms with E-state index in [0.717, 1.165) is 16.5 Å². The van der Waals surface area contributed by atoms with Gasteiger partial charge < -0.3 is 15.7 Å².